The van der Waals surface area contributed by atoms with Crippen LogP contribution >= 0.6 is 20.9 Å². The summed E-state index contributed by atoms with van der Waals surface area (Å²) < 4.78 is 10.6. The van der Waals surface area contributed by atoms with E-state index in [4.69, 9.17) is 15.7 Å². The number of carboxylic acids is 1. The highest BCUT2D eigenvalue weighted by Gasteiger charge is 2.16. The van der Waals surface area contributed by atoms with E-state index in [2.05, 4.69) is 0 Å². The molecule has 7 heteroatoms. The van der Waals surface area contributed by atoms with Crippen LogP contribution in [0.2, 0.25) is 0 Å². The molecular formula is C5H14NO4PS. The maximum atomic E-state index is 10.6. The molecule has 1 unspecified atom stereocenters. The molecule has 0 saturated heterocycles. The van der Waals surface area contributed by atoms with Gasteiger partial charge in [0.1, 0.15) is 6.04 Å². The number of nitrogens with two attached hydrogens (primary N) is 1. The predicted molar refractivity (Wildman–Crippen MR) is 51.2 cm³/mol. The van der Waals surface area contributed by atoms with E-state index >= 15 is 0 Å². The molecule has 4 N–H and O–H groups in total. The number of carboxylic acid groups (broad SMARTS) is 1. The summed E-state index contributed by atoms with van der Waals surface area (Å²) in [6.07, 6.45) is 0.0000772. The average molecular weight is 215 g/mol. The van der Waals surface area contributed by atoms with Gasteiger partial charge in [-0.25, -0.2) is 0 Å². The topological polar surface area (TPSA) is 101 Å². The lowest BCUT2D eigenvalue weighted by atomic mass is 10.2. The molecule has 0 saturated carbocycles. The van der Waals surface area contributed by atoms with Crippen molar-refractivity contribution in [1.29, 1.82) is 0 Å². The SMILES string of the molecule is CP(=O)(O)CC[C@H](N)C(=O)O.S. The zero-order valence-corrected chi connectivity index (χ0v) is 8.62. The van der Waals surface area contributed by atoms with E-state index in [1.807, 2.05) is 0 Å². The molecule has 5 nitrogen and oxygen atoms in total. The maximum absolute atomic E-state index is 10.6. The Labute approximate surface area is 77.9 Å². The van der Waals surface area contributed by atoms with Crippen LogP contribution in [0.15, 0.2) is 0 Å². The van der Waals surface area contributed by atoms with Crippen molar-refractivity contribution in [2.75, 3.05) is 12.8 Å². The Hall–Kier alpha value is -0.0300. The van der Waals surface area contributed by atoms with Crippen molar-refractivity contribution in [3.8, 4) is 0 Å². The fraction of sp³-hybridized carbons (Fsp3) is 0.800. The molecule has 0 aliphatic rings. The first kappa shape index (κ1) is 14.5. The second kappa shape index (κ2) is 5.59. The summed E-state index contributed by atoms with van der Waals surface area (Å²) in [5, 5.41) is 8.28. The summed E-state index contributed by atoms with van der Waals surface area (Å²) in [7, 11) is -3.10. The molecule has 74 valence electrons. The van der Waals surface area contributed by atoms with Gasteiger partial charge in [0.15, 0.2) is 7.37 Å². The summed E-state index contributed by atoms with van der Waals surface area (Å²) in [4.78, 5) is 18.9. The number of carbonyl (C=O) groups is 1. The molecule has 0 spiro atoms. The zero-order chi connectivity index (χ0) is 9.07. The van der Waals surface area contributed by atoms with E-state index in [-0.39, 0.29) is 26.1 Å². The number of hydrogen-bond acceptors (Lipinski definition) is 3. The Kier molecular flexibility index (Phi) is 6.75. The van der Waals surface area contributed by atoms with Gasteiger partial charge in [-0.2, -0.15) is 13.5 Å². The van der Waals surface area contributed by atoms with Gasteiger partial charge in [0.05, 0.1) is 0 Å². The van der Waals surface area contributed by atoms with Gasteiger partial charge >= 0.3 is 5.97 Å². The molecule has 0 aromatic rings. The van der Waals surface area contributed by atoms with Gasteiger partial charge in [-0.1, -0.05) is 0 Å². The lowest BCUT2D eigenvalue weighted by Crippen LogP contribution is -2.30. The predicted octanol–water partition coefficient (Wildman–Crippen LogP) is -0.199. The van der Waals surface area contributed by atoms with Crippen molar-refractivity contribution in [2.45, 2.75) is 12.5 Å². The standard InChI is InChI=1S/C5H12NO4P.H2S/c1-11(9,10)3-2-4(6)5(7)8;/h4H,2-3,6H2,1H3,(H,7,8)(H,9,10);1H2/t4-;/m0./s1. The van der Waals surface area contributed by atoms with Crippen molar-refractivity contribution < 1.29 is 19.4 Å². The highest BCUT2D eigenvalue weighted by Crippen LogP contribution is 2.35. The van der Waals surface area contributed by atoms with Gasteiger partial charge in [-0.15, -0.1) is 0 Å². The summed E-state index contributed by atoms with van der Waals surface area (Å²) in [6.45, 7) is 1.18. The van der Waals surface area contributed by atoms with Gasteiger partial charge < -0.3 is 15.7 Å². The third kappa shape index (κ3) is 8.07. The molecule has 0 aliphatic carbocycles. The molecule has 0 aliphatic heterocycles. The molecule has 0 radical (unpaired) electrons. The van der Waals surface area contributed by atoms with Crippen LogP contribution < -0.4 is 5.73 Å². The number of rotatable bonds is 4. The molecule has 0 amide bonds. The van der Waals surface area contributed by atoms with Crippen LogP contribution in [-0.2, 0) is 9.36 Å². The number of hydrogen-bond donors (Lipinski definition) is 3. The number of aliphatic carboxylic acids is 1. The van der Waals surface area contributed by atoms with Crippen molar-refractivity contribution >= 4 is 26.8 Å². The Morgan fingerprint density at radius 1 is 1.67 bits per heavy atom. The van der Waals surface area contributed by atoms with Crippen molar-refractivity contribution in [2.24, 2.45) is 5.73 Å². The largest absolute Gasteiger partial charge is 0.480 e. The highest BCUT2D eigenvalue weighted by molar-refractivity contribution is 7.59. The summed E-state index contributed by atoms with van der Waals surface area (Å²) in [5.74, 6) is -1.14. The van der Waals surface area contributed by atoms with Crippen LogP contribution in [0.3, 0.4) is 0 Å². The molecule has 0 bridgehead atoms. The average Bonchev–Trinajstić information content (AvgIpc) is 1.80. The van der Waals surface area contributed by atoms with E-state index in [0.29, 0.717) is 0 Å². The van der Waals surface area contributed by atoms with Crippen molar-refractivity contribution in [1.82, 2.24) is 0 Å². The second-order valence-corrected chi connectivity index (χ2v) is 5.06. The van der Waals surface area contributed by atoms with Gasteiger partial charge in [0, 0.05) is 12.8 Å². The Morgan fingerprint density at radius 2 is 2.08 bits per heavy atom. The monoisotopic (exact) mass is 215 g/mol. The smallest absolute Gasteiger partial charge is 0.320 e. The summed E-state index contributed by atoms with van der Waals surface area (Å²) >= 11 is 0. The van der Waals surface area contributed by atoms with Crippen molar-refractivity contribution in [3.63, 3.8) is 0 Å². The summed E-state index contributed by atoms with van der Waals surface area (Å²) in [6, 6.07) is -1.03. The highest BCUT2D eigenvalue weighted by atomic mass is 32.1. The van der Waals surface area contributed by atoms with Crippen LogP contribution in [0.4, 0.5) is 0 Å². The minimum absolute atomic E-state index is 0. The van der Waals surface area contributed by atoms with Gasteiger partial charge in [0.2, 0.25) is 0 Å². The second-order valence-electron chi connectivity index (χ2n) is 2.51. The lowest BCUT2D eigenvalue weighted by molar-refractivity contribution is -0.138. The normalized spacial score (nSPS) is 17.2. The molecule has 0 rings (SSSR count). The van der Waals surface area contributed by atoms with Crippen LogP contribution in [-0.4, -0.2) is 34.8 Å². The first-order valence-corrected chi connectivity index (χ1v) is 5.40. The maximum Gasteiger partial charge on any atom is 0.320 e. The first-order chi connectivity index (χ1) is 4.83. The minimum atomic E-state index is -3.10. The molecule has 0 heterocycles. The van der Waals surface area contributed by atoms with Crippen LogP contribution in [0.5, 0.6) is 0 Å². The van der Waals surface area contributed by atoms with E-state index in [1.54, 1.807) is 0 Å². The molecular weight excluding hydrogens is 201 g/mol. The molecule has 12 heavy (non-hydrogen) atoms. The molecule has 0 aromatic heterocycles. The van der Waals surface area contributed by atoms with Crippen LogP contribution in [0.1, 0.15) is 6.42 Å². The fourth-order valence-electron chi connectivity index (χ4n) is 0.502. The van der Waals surface area contributed by atoms with Gasteiger partial charge in [0.25, 0.3) is 0 Å². The first-order valence-electron chi connectivity index (χ1n) is 3.10. The Morgan fingerprint density at radius 3 is 2.33 bits per heavy atom. The Bertz CT molecular complexity index is 192. The van der Waals surface area contributed by atoms with E-state index in [0.717, 1.165) is 0 Å². The van der Waals surface area contributed by atoms with Gasteiger partial charge in [-0.05, 0) is 6.42 Å². The van der Waals surface area contributed by atoms with Crippen molar-refractivity contribution in [3.05, 3.63) is 0 Å². The third-order valence-corrected chi connectivity index (χ3v) is 2.26. The molecule has 0 aromatic carbocycles. The van der Waals surface area contributed by atoms with Gasteiger partial charge in [-0.3, -0.25) is 9.36 Å². The quantitative estimate of drug-likeness (QED) is 0.564. The zero-order valence-electron chi connectivity index (χ0n) is 6.73. The van der Waals surface area contributed by atoms with E-state index in [9.17, 15) is 9.36 Å². The minimum Gasteiger partial charge on any atom is -0.480 e. The van der Waals surface area contributed by atoms with Crippen LogP contribution in [0.25, 0.3) is 0 Å². The Balaban J connectivity index is 0. The van der Waals surface area contributed by atoms with E-state index in [1.165, 1.54) is 6.66 Å². The molecule has 2 atom stereocenters. The van der Waals surface area contributed by atoms with E-state index < -0.39 is 19.4 Å². The fourth-order valence-corrected chi connectivity index (χ4v) is 1.26. The van der Waals surface area contributed by atoms with Crippen LogP contribution in [0, 0.1) is 0 Å². The molecule has 0 fully saturated rings. The third-order valence-electron chi connectivity index (χ3n) is 1.17. The summed E-state index contributed by atoms with van der Waals surface area (Å²) in [5.41, 5.74) is 5.09. The lowest BCUT2D eigenvalue weighted by Gasteiger charge is -2.07.